The summed E-state index contributed by atoms with van der Waals surface area (Å²) in [4.78, 5) is 16.6. The molecule has 1 aromatic heterocycles. The lowest BCUT2D eigenvalue weighted by Gasteiger charge is -2.15. The van der Waals surface area contributed by atoms with Crippen LogP contribution in [-0.2, 0) is 11.3 Å². The summed E-state index contributed by atoms with van der Waals surface area (Å²) in [5, 5.41) is 4.73. The topological polar surface area (TPSA) is 51.2 Å². The van der Waals surface area contributed by atoms with E-state index in [0.717, 1.165) is 16.3 Å². The number of benzene rings is 2. The third-order valence-corrected chi connectivity index (χ3v) is 4.20. The Morgan fingerprint density at radius 1 is 1.15 bits per heavy atom. The Labute approximate surface area is 154 Å². The Bertz CT molecular complexity index is 935. The first-order chi connectivity index (χ1) is 12.8. The molecule has 7 heteroatoms. The van der Waals surface area contributed by atoms with Crippen LogP contribution in [0, 0.1) is 0 Å². The van der Waals surface area contributed by atoms with Crippen LogP contribution in [0.25, 0.3) is 10.8 Å². The molecule has 2 aromatic carbocycles. The van der Waals surface area contributed by atoms with Crippen molar-refractivity contribution in [1.82, 2.24) is 10.3 Å². The predicted octanol–water partition coefficient (Wildman–Crippen LogP) is 4.55. The van der Waals surface area contributed by atoms with Gasteiger partial charge < -0.3 is 10.1 Å². The second-order valence-corrected chi connectivity index (χ2v) is 6.08. The van der Waals surface area contributed by atoms with Gasteiger partial charge in [0.15, 0.2) is 0 Å². The number of pyridine rings is 1. The number of rotatable bonds is 5. The molecule has 0 radical (unpaired) electrons. The fourth-order valence-electron chi connectivity index (χ4n) is 2.82. The first-order valence-electron chi connectivity index (χ1n) is 8.28. The van der Waals surface area contributed by atoms with Crippen molar-refractivity contribution in [2.24, 2.45) is 0 Å². The van der Waals surface area contributed by atoms with Gasteiger partial charge in [-0.25, -0.2) is 0 Å². The number of carbonyl (C=O) groups is 1. The smallest absolute Gasteiger partial charge is 0.406 e. The number of alkyl halides is 3. The van der Waals surface area contributed by atoms with Crippen LogP contribution >= 0.6 is 0 Å². The maximum absolute atomic E-state index is 12.5. The molecule has 0 saturated carbocycles. The van der Waals surface area contributed by atoms with Gasteiger partial charge in [-0.15, -0.1) is 13.2 Å². The summed E-state index contributed by atoms with van der Waals surface area (Å²) in [5.74, 6) is -0.853. The maximum Gasteiger partial charge on any atom is 0.573 e. The second kappa shape index (κ2) is 7.65. The Morgan fingerprint density at radius 2 is 1.89 bits per heavy atom. The molecule has 3 aromatic rings. The number of nitrogens with zero attached hydrogens (tertiary/aromatic N) is 1. The minimum atomic E-state index is -4.72. The van der Waals surface area contributed by atoms with Crippen molar-refractivity contribution in [3.63, 3.8) is 0 Å². The van der Waals surface area contributed by atoms with E-state index in [1.165, 1.54) is 24.3 Å². The third kappa shape index (κ3) is 4.75. The first-order valence-corrected chi connectivity index (χ1v) is 8.28. The maximum atomic E-state index is 12.5. The van der Waals surface area contributed by atoms with Crippen LogP contribution in [0.4, 0.5) is 13.2 Å². The first kappa shape index (κ1) is 18.7. The summed E-state index contributed by atoms with van der Waals surface area (Å²) in [5.41, 5.74) is 1.56. The Kier molecular flexibility index (Phi) is 5.30. The van der Waals surface area contributed by atoms with E-state index in [2.05, 4.69) is 15.0 Å². The van der Waals surface area contributed by atoms with Crippen molar-refractivity contribution in [2.75, 3.05) is 0 Å². The minimum Gasteiger partial charge on any atom is -0.406 e. The van der Waals surface area contributed by atoms with E-state index < -0.39 is 6.36 Å². The van der Waals surface area contributed by atoms with Gasteiger partial charge in [0.2, 0.25) is 5.91 Å². The lowest BCUT2D eigenvalue weighted by atomic mass is 9.95. The van der Waals surface area contributed by atoms with Gasteiger partial charge in [-0.05, 0) is 41.6 Å². The average molecular weight is 374 g/mol. The van der Waals surface area contributed by atoms with Gasteiger partial charge in [0.1, 0.15) is 5.75 Å². The fraction of sp³-hybridized carbons (Fsp3) is 0.200. The van der Waals surface area contributed by atoms with Gasteiger partial charge >= 0.3 is 6.36 Å². The Morgan fingerprint density at radius 3 is 2.59 bits per heavy atom. The number of fused-ring (bicyclic) bond motifs is 1. The van der Waals surface area contributed by atoms with Gasteiger partial charge in [0.25, 0.3) is 0 Å². The summed E-state index contributed by atoms with van der Waals surface area (Å²) in [6.45, 7) is 2.02. The largest absolute Gasteiger partial charge is 0.573 e. The molecule has 0 aliphatic heterocycles. The van der Waals surface area contributed by atoms with Gasteiger partial charge in [-0.2, -0.15) is 0 Å². The van der Waals surface area contributed by atoms with E-state index >= 15 is 0 Å². The predicted molar refractivity (Wildman–Crippen MR) is 95.1 cm³/mol. The molecule has 0 bridgehead atoms. The monoisotopic (exact) mass is 374 g/mol. The average Bonchev–Trinajstić information content (AvgIpc) is 2.65. The standard InChI is InChI=1S/C20H17F3N2O2/c1-13(17-4-2-3-15-12-24-10-9-18(15)17)19(26)25-11-14-5-7-16(8-6-14)27-20(21,22)23/h2-10,12-13H,11H2,1H3,(H,25,26). The van der Waals surface area contributed by atoms with Crippen LogP contribution in [0.2, 0.25) is 0 Å². The summed E-state index contributed by atoms with van der Waals surface area (Å²) in [7, 11) is 0. The normalized spacial score (nSPS) is 12.6. The van der Waals surface area contributed by atoms with E-state index in [1.54, 1.807) is 12.4 Å². The highest BCUT2D eigenvalue weighted by atomic mass is 19.4. The summed E-state index contributed by atoms with van der Waals surface area (Å²) in [6.07, 6.45) is -1.30. The van der Waals surface area contributed by atoms with Crippen LogP contribution in [0.1, 0.15) is 24.0 Å². The molecular weight excluding hydrogens is 357 g/mol. The van der Waals surface area contributed by atoms with Crippen LogP contribution < -0.4 is 10.1 Å². The molecule has 3 rings (SSSR count). The van der Waals surface area contributed by atoms with Crippen LogP contribution in [0.3, 0.4) is 0 Å². The number of aromatic nitrogens is 1. The molecule has 0 aliphatic carbocycles. The van der Waals surface area contributed by atoms with E-state index in [0.29, 0.717) is 5.56 Å². The minimum absolute atomic E-state index is 0.171. The molecule has 0 aliphatic rings. The molecule has 0 saturated heterocycles. The van der Waals surface area contributed by atoms with Crippen molar-refractivity contribution >= 4 is 16.7 Å². The van der Waals surface area contributed by atoms with Crippen LogP contribution in [0.15, 0.2) is 60.9 Å². The van der Waals surface area contributed by atoms with E-state index in [1.807, 2.05) is 31.2 Å². The molecule has 0 fully saturated rings. The Hall–Kier alpha value is -3.09. The molecule has 1 N–H and O–H groups in total. The lowest BCUT2D eigenvalue weighted by Crippen LogP contribution is -2.27. The highest BCUT2D eigenvalue weighted by molar-refractivity contribution is 5.92. The van der Waals surface area contributed by atoms with E-state index in [-0.39, 0.29) is 24.1 Å². The number of hydrogen-bond acceptors (Lipinski definition) is 3. The summed E-state index contributed by atoms with van der Waals surface area (Å²) >= 11 is 0. The molecule has 1 atom stereocenters. The van der Waals surface area contributed by atoms with Crippen LogP contribution in [-0.4, -0.2) is 17.3 Å². The zero-order valence-electron chi connectivity index (χ0n) is 14.5. The lowest BCUT2D eigenvalue weighted by molar-refractivity contribution is -0.274. The SMILES string of the molecule is CC(C(=O)NCc1ccc(OC(F)(F)F)cc1)c1cccc2cnccc12. The van der Waals surface area contributed by atoms with Gasteiger partial charge in [0.05, 0.1) is 5.92 Å². The number of nitrogens with one attached hydrogen (secondary N) is 1. The Balaban J connectivity index is 1.65. The van der Waals surface area contributed by atoms with E-state index in [4.69, 9.17) is 0 Å². The van der Waals surface area contributed by atoms with Crippen molar-refractivity contribution in [1.29, 1.82) is 0 Å². The highest BCUT2D eigenvalue weighted by Crippen LogP contribution is 2.25. The highest BCUT2D eigenvalue weighted by Gasteiger charge is 2.30. The van der Waals surface area contributed by atoms with Gasteiger partial charge in [-0.1, -0.05) is 30.3 Å². The number of halogens is 3. The van der Waals surface area contributed by atoms with Gasteiger partial charge in [0, 0.05) is 24.3 Å². The van der Waals surface area contributed by atoms with Crippen molar-refractivity contribution in [3.8, 4) is 5.75 Å². The van der Waals surface area contributed by atoms with E-state index in [9.17, 15) is 18.0 Å². The molecule has 4 nitrogen and oxygen atoms in total. The molecule has 27 heavy (non-hydrogen) atoms. The summed E-state index contributed by atoms with van der Waals surface area (Å²) < 4.78 is 40.3. The van der Waals surface area contributed by atoms with Crippen molar-refractivity contribution in [3.05, 3.63) is 72.1 Å². The summed E-state index contributed by atoms with van der Waals surface area (Å²) in [6, 6.07) is 13.0. The second-order valence-electron chi connectivity index (χ2n) is 6.08. The number of carbonyl (C=O) groups excluding carboxylic acids is 1. The quantitative estimate of drug-likeness (QED) is 0.713. The molecule has 1 unspecified atom stereocenters. The van der Waals surface area contributed by atoms with Crippen LogP contribution in [0.5, 0.6) is 5.75 Å². The fourth-order valence-corrected chi connectivity index (χ4v) is 2.82. The zero-order valence-corrected chi connectivity index (χ0v) is 14.5. The number of amides is 1. The molecular formula is C20H17F3N2O2. The van der Waals surface area contributed by atoms with Gasteiger partial charge in [-0.3, -0.25) is 9.78 Å². The molecule has 1 heterocycles. The number of ether oxygens (including phenoxy) is 1. The third-order valence-electron chi connectivity index (χ3n) is 4.20. The van der Waals surface area contributed by atoms with Crippen molar-refractivity contribution < 1.29 is 22.7 Å². The van der Waals surface area contributed by atoms with Crippen molar-refractivity contribution in [2.45, 2.75) is 25.7 Å². The zero-order chi connectivity index (χ0) is 19.4. The molecule has 140 valence electrons. The molecule has 0 spiro atoms. The molecule has 1 amide bonds. The number of hydrogen-bond donors (Lipinski definition) is 1.